The molecule has 0 unspecified atom stereocenters. The molecule has 3 heterocycles. The van der Waals surface area contributed by atoms with Crippen LogP contribution in [-0.4, -0.2) is 36.1 Å². The molecular weight excluding hydrogens is 366 g/mol. The number of nitrogens with zero attached hydrogens (tertiary/aromatic N) is 3. The molecule has 3 rings (SSSR count). The van der Waals surface area contributed by atoms with E-state index < -0.39 is 0 Å². The van der Waals surface area contributed by atoms with E-state index in [1.165, 1.54) is 12.1 Å². The van der Waals surface area contributed by atoms with Crippen molar-refractivity contribution < 1.29 is 8.78 Å². The predicted molar refractivity (Wildman–Crippen MR) is 90.6 cm³/mol. The molecule has 0 aliphatic carbocycles. The van der Waals surface area contributed by atoms with Gasteiger partial charge in [-0.25, -0.2) is 18.7 Å². The molecule has 0 bridgehead atoms. The van der Waals surface area contributed by atoms with Gasteiger partial charge in [-0.2, -0.15) is 0 Å². The molecule has 0 spiro atoms. The van der Waals surface area contributed by atoms with Crippen LogP contribution in [0.25, 0.3) is 0 Å². The van der Waals surface area contributed by atoms with Crippen LogP contribution in [0.3, 0.4) is 0 Å². The first kappa shape index (κ1) is 17.7. The second-order valence-electron chi connectivity index (χ2n) is 5.17. The SMILES string of the molecule is Cc1nc(Br)ccc1F.Cc1nc(N2CCNCC2)ccc1F. The Morgan fingerprint density at radius 2 is 1.52 bits per heavy atom. The second-order valence-corrected chi connectivity index (χ2v) is 5.99. The average Bonchev–Trinajstić information content (AvgIpc) is 2.55. The van der Waals surface area contributed by atoms with Crippen molar-refractivity contribution in [3.8, 4) is 0 Å². The van der Waals surface area contributed by atoms with Gasteiger partial charge in [0.2, 0.25) is 0 Å². The molecule has 124 valence electrons. The van der Waals surface area contributed by atoms with E-state index in [0.717, 1.165) is 32.0 Å². The van der Waals surface area contributed by atoms with E-state index in [0.29, 0.717) is 16.0 Å². The lowest BCUT2D eigenvalue weighted by Gasteiger charge is -2.28. The molecule has 0 saturated carbocycles. The van der Waals surface area contributed by atoms with E-state index in [-0.39, 0.29) is 11.6 Å². The maximum absolute atomic E-state index is 13.0. The third-order valence-corrected chi connectivity index (χ3v) is 3.88. The zero-order chi connectivity index (χ0) is 16.8. The molecule has 2 aromatic rings. The summed E-state index contributed by atoms with van der Waals surface area (Å²) >= 11 is 3.12. The van der Waals surface area contributed by atoms with Gasteiger partial charge in [-0.05, 0) is 54.0 Å². The van der Waals surface area contributed by atoms with Gasteiger partial charge in [0.15, 0.2) is 0 Å². The summed E-state index contributed by atoms with van der Waals surface area (Å²) < 4.78 is 26.1. The van der Waals surface area contributed by atoms with Gasteiger partial charge in [-0.3, -0.25) is 0 Å². The van der Waals surface area contributed by atoms with Gasteiger partial charge in [0.1, 0.15) is 22.1 Å². The fourth-order valence-electron chi connectivity index (χ4n) is 2.11. The summed E-state index contributed by atoms with van der Waals surface area (Å²) in [6.07, 6.45) is 0. The number of anilines is 1. The van der Waals surface area contributed by atoms with Crippen LogP contribution < -0.4 is 10.2 Å². The van der Waals surface area contributed by atoms with Gasteiger partial charge in [0.25, 0.3) is 0 Å². The average molecular weight is 385 g/mol. The van der Waals surface area contributed by atoms with Crippen molar-refractivity contribution in [1.82, 2.24) is 15.3 Å². The van der Waals surface area contributed by atoms with Gasteiger partial charge in [-0.15, -0.1) is 0 Å². The van der Waals surface area contributed by atoms with Crippen LogP contribution in [0.15, 0.2) is 28.9 Å². The summed E-state index contributed by atoms with van der Waals surface area (Å²) in [6.45, 7) is 7.15. The Morgan fingerprint density at radius 1 is 0.957 bits per heavy atom. The Hall–Kier alpha value is -1.60. The lowest BCUT2D eigenvalue weighted by Crippen LogP contribution is -2.43. The van der Waals surface area contributed by atoms with Gasteiger partial charge in [-0.1, -0.05) is 0 Å². The number of rotatable bonds is 1. The van der Waals surface area contributed by atoms with Crippen LogP contribution in [0.5, 0.6) is 0 Å². The number of aryl methyl sites for hydroxylation is 2. The molecule has 1 N–H and O–H groups in total. The van der Waals surface area contributed by atoms with E-state index in [4.69, 9.17) is 0 Å². The standard InChI is InChI=1S/C10H14FN3.C6H5BrFN/c1-8-9(11)2-3-10(13-8)14-6-4-12-5-7-14;1-4-5(8)2-3-6(7)9-4/h2-3,12H,4-7H2,1H3;2-3H,1H3. The van der Waals surface area contributed by atoms with Crippen molar-refractivity contribution in [1.29, 1.82) is 0 Å². The van der Waals surface area contributed by atoms with Gasteiger partial charge in [0, 0.05) is 26.2 Å². The van der Waals surface area contributed by atoms with Gasteiger partial charge >= 0.3 is 0 Å². The number of pyridine rings is 2. The molecule has 1 aliphatic rings. The summed E-state index contributed by atoms with van der Waals surface area (Å²) in [4.78, 5) is 10.2. The van der Waals surface area contributed by atoms with E-state index in [2.05, 4.69) is 36.1 Å². The Labute approximate surface area is 143 Å². The number of hydrogen-bond donors (Lipinski definition) is 1. The first-order valence-electron chi connectivity index (χ1n) is 7.35. The largest absolute Gasteiger partial charge is 0.354 e. The molecule has 0 atom stereocenters. The quantitative estimate of drug-likeness (QED) is 0.766. The molecule has 0 amide bonds. The predicted octanol–water partition coefficient (Wildman–Crippen LogP) is 3.23. The minimum absolute atomic E-state index is 0.233. The van der Waals surface area contributed by atoms with Crippen molar-refractivity contribution in [2.75, 3.05) is 31.1 Å². The number of nitrogens with one attached hydrogen (secondary N) is 1. The maximum atomic E-state index is 13.0. The molecule has 23 heavy (non-hydrogen) atoms. The number of halogens is 3. The number of hydrogen-bond acceptors (Lipinski definition) is 4. The topological polar surface area (TPSA) is 41.1 Å². The van der Waals surface area contributed by atoms with Crippen molar-refractivity contribution in [2.45, 2.75) is 13.8 Å². The summed E-state index contributed by atoms with van der Waals surface area (Å²) in [5, 5.41) is 3.27. The first-order valence-corrected chi connectivity index (χ1v) is 8.14. The van der Waals surface area contributed by atoms with Crippen molar-refractivity contribution in [3.63, 3.8) is 0 Å². The van der Waals surface area contributed by atoms with E-state index in [1.807, 2.05) is 0 Å². The summed E-state index contributed by atoms with van der Waals surface area (Å²) in [5.74, 6) is 0.382. The molecule has 7 heteroatoms. The maximum Gasteiger partial charge on any atom is 0.144 e. The highest BCUT2D eigenvalue weighted by atomic mass is 79.9. The zero-order valence-electron chi connectivity index (χ0n) is 13.1. The molecule has 2 aromatic heterocycles. The van der Waals surface area contributed by atoms with Crippen molar-refractivity contribution >= 4 is 21.7 Å². The first-order chi connectivity index (χ1) is 11.0. The minimum Gasteiger partial charge on any atom is -0.354 e. The van der Waals surface area contributed by atoms with Crippen LogP contribution in [0.2, 0.25) is 0 Å². The highest BCUT2D eigenvalue weighted by Gasteiger charge is 2.12. The Kier molecular flexibility index (Phi) is 6.41. The van der Waals surface area contributed by atoms with Gasteiger partial charge < -0.3 is 10.2 Å². The minimum atomic E-state index is -0.266. The van der Waals surface area contributed by atoms with Crippen LogP contribution in [-0.2, 0) is 0 Å². The normalized spacial score (nSPS) is 14.2. The van der Waals surface area contributed by atoms with Crippen LogP contribution in [0, 0.1) is 25.5 Å². The number of piperazine rings is 1. The summed E-state index contributed by atoms with van der Waals surface area (Å²) in [6, 6.07) is 6.18. The number of aromatic nitrogens is 2. The fraction of sp³-hybridized carbons (Fsp3) is 0.375. The van der Waals surface area contributed by atoms with Crippen LogP contribution in [0.4, 0.5) is 14.6 Å². The highest BCUT2D eigenvalue weighted by molar-refractivity contribution is 9.10. The fourth-order valence-corrected chi connectivity index (χ4v) is 2.51. The monoisotopic (exact) mass is 384 g/mol. The van der Waals surface area contributed by atoms with Crippen LogP contribution in [0.1, 0.15) is 11.4 Å². The zero-order valence-corrected chi connectivity index (χ0v) is 14.7. The van der Waals surface area contributed by atoms with E-state index >= 15 is 0 Å². The molecule has 1 saturated heterocycles. The van der Waals surface area contributed by atoms with E-state index in [9.17, 15) is 8.78 Å². The molecule has 4 nitrogen and oxygen atoms in total. The highest BCUT2D eigenvalue weighted by Crippen LogP contribution is 2.14. The molecular formula is C16H19BrF2N4. The third-order valence-electron chi connectivity index (χ3n) is 3.43. The summed E-state index contributed by atoms with van der Waals surface area (Å²) in [7, 11) is 0. The summed E-state index contributed by atoms with van der Waals surface area (Å²) in [5.41, 5.74) is 0.894. The molecule has 0 aromatic carbocycles. The molecule has 0 radical (unpaired) electrons. The smallest absolute Gasteiger partial charge is 0.144 e. The molecule has 1 fully saturated rings. The Balaban J connectivity index is 0.000000185. The second kappa shape index (κ2) is 8.31. The van der Waals surface area contributed by atoms with Crippen molar-refractivity contribution in [3.05, 3.63) is 51.9 Å². The third kappa shape index (κ3) is 5.21. The lowest BCUT2D eigenvalue weighted by molar-refractivity contribution is 0.578. The van der Waals surface area contributed by atoms with Gasteiger partial charge in [0.05, 0.1) is 11.4 Å². The lowest BCUT2D eigenvalue weighted by atomic mass is 10.3. The Bertz CT molecular complexity index is 661. The Morgan fingerprint density at radius 3 is 2.04 bits per heavy atom. The van der Waals surface area contributed by atoms with Crippen LogP contribution >= 0.6 is 15.9 Å². The molecule has 1 aliphatic heterocycles. The van der Waals surface area contributed by atoms with E-state index in [1.54, 1.807) is 26.0 Å². The van der Waals surface area contributed by atoms with Crippen molar-refractivity contribution in [2.24, 2.45) is 0 Å².